The van der Waals surface area contributed by atoms with Crippen LogP contribution in [-0.4, -0.2) is 10.9 Å². The summed E-state index contributed by atoms with van der Waals surface area (Å²) in [5, 5.41) is 11.1. The second-order valence-electron chi connectivity index (χ2n) is 8.95. The van der Waals surface area contributed by atoms with Crippen LogP contribution < -0.4 is 0 Å². The van der Waals surface area contributed by atoms with Crippen LogP contribution in [0.5, 0.6) is 0 Å². The Morgan fingerprint density at radius 1 is 0.867 bits per heavy atom. The average molecular weight is 461 g/mol. The Balaban J connectivity index is 1.79. The summed E-state index contributed by atoms with van der Waals surface area (Å²) in [6, 6.07) is 24.2. The van der Waals surface area contributed by atoms with Crippen molar-refractivity contribution in [3.8, 4) is 11.1 Å². The monoisotopic (exact) mass is 460 g/mol. The summed E-state index contributed by atoms with van der Waals surface area (Å²) in [5.74, 6) is -0.0702. The third-order valence-corrected chi connectivity index (χ3v) is 6.28. The maximum absolute atomic E-state index is 13.1. The summed E-state index contributed by atoms with van der Waals surface area (Å²) >= 11 is 3.48. The standard InChI is InChI=1S/C27H25BrO2/c1-27(2,3)25(24-23(29)16-20-6-4-5-7-22(20)26(24)30)19-10-8-17(9-11-19)18-12-14-21(28)15-13-18/h4-15,25,30H,16H2,1-3H3. The molecule has 1 unspecified atom stereocenters. The van der Waals surface area contributed by atoms with Gasteiger partial charge in [0.25, 0.3) is 0 Å². The molecule has 0 radical (unpaired) electrons. The Labute approximate surface area is 186 Å². The second-order valence-corrected chi connectivity index (χ2v) is 9.86. The molecule has 4 rings (SSSR count). The molecule has 3 aromatic carbocycles. The lowest BCUT2D eigenvalue weighted by Crippen LogP contribution is -2.28. The molecule has 1 atom stereocenters. The number of rotatable bonds is 3. The zero-order valence-corrected chi connectivity index (χ0v) is 19.0. The first-order chi connectivity index (χ1) is 14.3. The molecule has 0 saturated heterocycles. The van der Waals surface area contributed by atoms with Crippen molar-refractivity contribution >= 4 is 27.5 Å². The Morgan fingerprint density at radius 3 is 2.03 bits per heavy atom. The van der Waals surface area contributed by atoms with E-state index in [1.54, 1.807) is 0 Å². The highest BCUT2D eigenvalue weighted by Crippen LogP contribution is 2.45. The highest BCUT2D eigenvalue weighted by Gasteiger charge is 2.38. The van der Waals surface area contributed by atoms with Crippen LogP contribution in [-0.2, 0) is 11.2 Å². The number of hydrogen-bond donors (Lipinski definition) is 1. The summed E-state index contributed by atoms with van der Waals surface area (Å²) in [7, 11) is 0. The number of carbonyl (C=O) groups is 1. The van der Waals surface area contributed by atoms with Crippen molar-refractivity contribution < 1.29 is 9.90 Å². The Bertz CT molecular complexity index is 1120. The number of aliphatic hydroxyl groups excluding tert-OH is 1. The van der Waals surface area contributed by atoms with Gasteiger partial charge in [0.05, 0.1) is 0 Å². The summed E-state index contributed by atoms with van der Waals surface area (Å²) in [4.78, 5) is 13.1. The van der Waals surface area contributed by atoms with Crippen LogP contribution in [0, 0.1) is 5.41 Å². The number of benzene rings is 3. The zero-order chi connectivity index (χ0) is 21.5. The fourth-order valence-electron chi connectivity index (χ4n) is 4.36. The molecule has 2 nitrogen and oxygen atoms in total. The van der Waals surface area contributed by atoms with Crippen molar-refractivity contribution in [3.05, 3.63) is 99.5 Å². The fourth-order valence-corrected chi connectivity index (χ4v) is 4.62. The molecular weight excluding hydrogens is 436 g/mol. The van der Waals surface area contributed by atoms with Crippen molar-refractivity contribution in [1.29, 1.82) is 0 Å². The summed E-state index contributed by atoms with van der Waals surface area (Å²) in [5.41, 5.74) is 5.26. The van der Waals surface area contributed by atoms with E-state index in [0.717, 1.165) is 32.3 Å². The Morgan fingerprint density at radius 2 is 1.43 bits per heavy atom. The topological polar surface area (TPSA) is 37.3 Å². The number of aliphatic hydroxyl groups is 1. The highest BCUT2D eigenvalue weighted by atomic mass is 79.9. The van der Waals surface area contributed by atoms with Crippen molar-refractivity contribution in [3.63, 3.8) is 0 Å². The van der Waals surface area contributed by atoms with E-state index < -0.39 is 0 Å². The molecule has 0 bridgehead atoms. The summed E-state index contributed by atoms with van der Waals surface area (Å²) in [6.45, 7) is 6.36. The van der Waals surface area contributed by atoms with Gasteiger partial charge in [-0.3, -0.25) is 4.79 Å². The molecule has 1 N–H and O–H groups in total. The van der Waals surface area contributed by atoms with Crippen molar-refractivity contribution in [2.75, 3.05) is 0 Å². The van der Waals surface area contributed by atoms with E-state index in [2.05, 4.69) is 73.1 Å². The first-order valence-electron chi connectivity index (χ1n) is 10.2. The molecule has 0 aromatic heterocycles. The highest BCUT2D eigenvalue weighted by molar-refractivity contribution is 9.10. The molecule has 0 aliphatic heterocycles. The van der Waals surface area contributed by atoms with Crippen LogP contribution in [0.25, 0.3) is 16.9 Å². The molecule has 0 spiro atoms. The molecule has 3 aromatic rings. The van der Waals surface area contributed by atoms with Gasteiger partial charge in [-0.1, -0.05) is 97.4 Å². The summed E-state index contributed by atoms with van der Waals surface area (Å²) < 4.78 is 1.05. The van der Waals surface area contributed by atoms with Gasteiger partial charge in [0.1, 0.15) is 5.76 Å². The van der Waals surface area contributed by atoms with Crippen LogP contribution in [0.15, 0.2) is 82.8 Å². The van der Waals surface area contributed by atoms with Gasteiger partial charge in [-0.05, 0) is 39.8 Å². The molecule has 0 heterocycles. The van der Waals surface area contributed by atoms with E-state index in [-0.39, 0.29) is 22.9 Å². The number of allylic oxidation sites excluding steroid dienone is 1. The van der Waals surface area contributed by atoms with E-state index in [1.807, 2.05) is 36.4 Å². The number of Topliss-reactive ketones (excluding diaryl/α,β-unsaturated/α-hetero) is 1. The van der Waals surface area contributed by atoms with Crippen molar-refractivity contribution in [2.24, 2.45) is 5.41 Å². The largest absolute Gasteiger partial charge is 0.507 e. The van der Waals surface area contributed by atoms with Crippen molar-refractivity contribution in [1.82, 2.24) is 0 Å². The van der Waals surface area contributed by atoms with E-state index in [1.165, 1.54) is 0 Å². The Hall–Kier alpha value is -2.65. The first kappa shape index (κ1) is 20.6. The first-order valence-corrected chi connectivity index (χ1v) is 11.0. The number of fused-ring (bicyclic) bond motifs is 1. The van der Waals surface area contributed by atoms with Crippen LogP contribution >= 0.6 is 15.9 Å². The number of ketones is 1. The molecule has 0 saturated carbocycles. The molecule has 152 valence electrons. The molecule has 0 fully saturated rings. The second kappa shape index (κ2) is 7.88. The van der Waals surface area contributed by atoms with E-state index in [4.69, 9.17) is 0 Å². The van der Waals surface area contributed by atoms with Gasteiger partial charge in [0, 0.05) is 27.9 Å². The third kappa shape index (κ3) is 3.87. The van der Waals surface area contributed by atoms with E-state index >= 15 is 0 Å². The minimum Gasteiger partial charge on any atom is -0.507 e. The van der Waals surface area contributed by atoms with Gasteiger partial charge in [0.15, 0.2) is 5.78 Å². The number of carbonyl (C=O) groups excluding carboxylic acids is 1. The maximum Gasteiger partial charge on any atom is 0.167 e. The van der Waals surface area contributed by atoms with Crippen LogP contribution in [0.4, 0.5) is 0 Å². The summed E-state index contributed by atoms with van der Waals surface area (Å²) in [6.07, 6.45) is 0.332. The lowest BCUT2D eigenvalue weighted by molar-refractivity contribution is -0.115. The molecule has 3 heteroatoms. The zero-order valence-electron chi connectivity index (χ0n) is 17.4. The van der Waals surface area contributed by atoms with Crippen LogP contribution in [0.1, 0.15) is 43.4 Å². The van der Waals surface area contributed by atoms with Gasteiger partial charge in [-0.15, -0.1) is 0 Å². The number of halogens is 1. The minimum atomic E-state index is -0.232. The Kier molecular flexibility index (Phi) is 5.42. The quantitative estimate of drug-likeness (QED) is 0.443. The molecule has 0 amide bonds. The van der Waals surface area contributed by atoms with Crippen LogP contribution in [0.3, 0.4) is 0 Å². The maximum atomic E-state index is 13.1. The van der Waals surface area contributed by atoms with Crippen LogP contribution in [0.2, 0.25) is 0 Å². The van der Waals surface area contributed by atoms with Crippen molar-refractivity contribution in [2.45, 2.75) is 33.1 Å². The molecule has 1 aliphatic rings. The molecule has 30 heavy (non-hydrogen) atoms. The SMILES string of the molecule is CC(C)(C)C(C1=C(O)c2ccccc2CC1=O)c1ccc(-c2ccc(Br)cc2)cc1. The van der Waals surface area contributed by atoms with Gasteiger partial charge < -0.3 is 5.11 Å². The molecule has 1 aliphatic carbocycles. The normalized spacial score (nSPS) is 15.1. The van der Waals surface area contributed by atoms with Gasteiger partial charge >= 0.3 is 0 Å². The molecular formula is C27H25BrO2. The van der Waals surface area contributed by atoms with E-state index in [0.29, 0.717) is 12.0 Å². The van der Waals surface area contributed by atoms with Gasteiger partial charge in [0.2, 0.25) is 0 Å². The lowest BCUT2D eigenvalue weighted by atomic mass is 9.68. The predicted octanol–water partition coefficient (Wildman–Crippen LogP) is 7.34. The predicted molar refractivity (Wildman–Crippen MR) is 126 cm³/mol. The van der Waals surface area contributed by atoms with E-state index in [9.17, 15) is 9.90 Å². The third-order valence-electron chi connectivity index (χ3n) is 5.76. The smallest absolute Gasteiger partial charge is 0.167 e. The van der Waals surface area contributed by atoms with Gasteiger partial charge in [-0.2, -0.15) is 0 Å². The fraction of sp³-hybridized carbons (Fsp3) is 0.222. The average Bonchev–Trinajstić information content (AvgIpc) is 2.71. The van der Waals surface area contributed by atoms with Gasteiger partial charge in [-0.25, -0.2) is 0 Å². The minimum absolute atomic E-state index is 0.00288. The lowest BCUT2D eigenvalue weighted by Gasteiger charge is -2.35. The number of hydrogen-bond acceptors (Lipinski definition) is 2.